The summed E-state index contributed by atoms with van der Waals surface area (Å²) in [6.45, 7) is 1.72. The molecule has 0 aliphatic carbocycles. The molecule has 4 rings (SSSR count). The third-order valence-corrected chi connectivity index (χ3v) is 7.64. The highest BCUT2D eigenvalue weighted by atomic mass is 32.2. The predicted molar refractivity (Wildman–Crippen MR) is 116 cm³/mol. The van der Waals surface area contributed by atoms with Crippen LogP contribution in [0.3, 0.4) is 0 Å². The Morgan fingerprint density at radius 3 is 2.50 bits per heavy atom. The van der Waals surface area contributed by atoms with Crippen LogP contribution < -0.4 is 0 Å². The van der Waals surface area contributed by atoms with Gasteiger partial charge in [0, 0.05) is 24.4 Å². The van der Waals surface area contributed by atoms with Crippen LogP contribution >= 0.6 is 11.8 Å². The van der Waals surface area contributed by atoms with E-state index in [0.29, 0.717) is 25.5 Å². The molecule has 0 radical (unpaired) electrons. The van der Waals surface area contributed by atoms with E-state index in [9.17, 15) is 12.8 Å². The Labute approximate surface area is 180 Å². The van der Waals surface area contributed by atoms with Crippen molar-refractivity contribution in [2.24, 2.45) is 5.92 Å². The summed E-state index contributed by atoms with van der Waals surface area (Å²) in [4.78, 5) is 0. The van der Waals surface area contributed by atoms with Gasteiger partial charge in [-0.1, -0.05) is 42.1 Å². The van der Waals surface area contributed by atoms with E-state index in [0.717, 1.165) is 28.5 Å². The number of rotatable bonds is 7. The fraction of sp³-hybridized carbons (Fsp3) is 0.333. The number of thioether (sulfide) groups is 1. The molecule has 2 heterocycles. The van der Waals surface area contributed by atoms with Crippen LogP contribution in [0, 0.1) is 11.7 Å². The van der Waals surface area contributed by atoms with Gasteiger partial charge >= 0.3 is 0 Å². The highest BCUT2D eigenvalue weighted by Crippen LogP contribution is 2.29. The second-order valence-electron chi connectivity index (χ2n) is 7.47. The maximum atomic E-state index is 13.4. The normalized spacial score (nSPS) is 17.5. The first-order valence-corrected chi connectivity index (χ1v) is 12.5. The summed E-state index contributed by atoms with van der Waals surface area (Å²) in [5.41, 5.74) is 1.92. The lowest BCUT2D eigenvalue weighted by Gasteiger charge is -2.14. The van der Waals surface area contributed by atoms with Crippen LogP contribution in [-0.2, 0) is 16.6 Å². The molecule has 1 unspecified atom stereocenters. The quantitative estimate of drug-likeness (QED) is 0.520. The van der Waals surface area contributed by atoms with Crippen LogP contribution in [0.15, 0.2) is 59.8 Å². The van der Waals surface area contributed by atoms with Gasteiger partial charge in [0.2, 0.25) is 10.0 Å². The van der Waals surface area contributed by atoms with Gasteiger partial charge < -0.3 is 0 Å². The topological polar surface area (TPSA) is 68.1 Å². The molecule has 0 saturated carbocycles. The average Bonchev–Trinajstić information content (AvgIpc) is 3.35. The number of nitrogens with zero attached hydrogens (tertiary/aromatic N) is 4. The van der Waals surface area contributed by atoms with Crippen LogP contribution in [0.1, 0.15) is 12.0 Å². The fourth-order valence-corrected chi connectivity index (χ4v) is 5.52. The van der Waals surface area contributed by atoms with Gasteiger partial charge in [0.05, 0.1) is 12.8 Å². The van der Waals surface area contributed by atoms with E-state index in [1.54, 1.807) is 23.9 Å². The highest BCUT2D eigenvalue weighted by molar-refractivity contribution is 7.99. The molecular formula is C21H23FN4O2S2. The van der Waals surface area contributed by atoms with E-state index in [2.05, 4.69) is 10.2 Å². The Hall–Kier alpha value is -2.23. The summed E-state index contributed by atoms with van der Waals surface area (Å²) in [5.74, 6) is 1.44. The van der Waals surface area contributed by atoms with Crippen molar-refractivity contribution in [2.75, 3.05) is 25.1 Å². The highest BCUT2D eigenvalue weighted by Gasteiger charge is 2.29. The van der Waals surface area contributed by atoms with Crippen LogP contribution in [0.5, 0.6) is 0 Å². The molecular weight excluding hydrogens is 423 g/mol. The second-order valence-corrected chi connectivity index (χ2v) is 10.4. The van der Waals surface area contributed by atoms with Gasteiger partial charge in [0.25, 0.3) is 0 Å². The lowest BCUT2D eigenvalue weighted by atomic mass is 10.2. The molecule has 0 amide bonds. The van der Waals surface area contributed by atoms with Crippen molar-refractivity contribution in [3.63, 3.8) is 0 Å². The average molecular weight is 447 g/mol. The molecule has 1 aromatic heterocycles. The van der Waals surface area contributed by atoms with Crippen molar-refractivity contribution >= 4 is 21.8 Å². The van der Waals surface area contributed by atoms with E-state index in [-0.39, 0.29) is 11.7 Å². The Kier molecular flexibility index (Phi) is 6.21. The molecule has 0 N–H and O–H groups in total. The maximum Gasteiger partial charge on any atom is 0.211 e. The third-order valence-electron chi connectivity index (χ3n) is 5.17. The Morgan fingerprint density at radius 1 is 1.10 bits per heavy atom. The van der Waals surface area contributed by atoms with Gasteiger partial charge in [0.1, 0.15) is 5.82 Å². The minimum absolute atomic E-state index is 0.279. The van der Waals surface area contributed by atoms with Gasteiger partial charge in [-0.15, -0.1) is 10.2 Å². The molecule has 158 valence electrons. The monoisotopic (exact) mass is 446 g/mol. The van der Waals surface area contributed by atoms with Gasteiger partial charge in [-0.05, 0) is 42.2 Å². The smallest absolute Gasteiger partial charge is 0.211 e. The van der Waals surface area contributed by atoms with E-state index < -0.39 is 10.0 Å². The third kappa shape index (κ3) is 4.91. The molecule has 1 aliphatic heterocycles. The first-order valence-electron chi connectivity index (χ1n) is 9.71. The summed E-state index contributed by atoms with van der Waals surface area (Å²) >= 11 is 1.59. The van der Waals surface area contributed by atoms with E-state index >= 15 is 0 Å². The molecule has 30 heavy (non-hydrogen) atoms. The summed E-state index contributed by atoms with van der Waals surface area (Å²) in [6, 6.07) is 16.3. The Bertz CT molecular complexity index is 1100. The van der Waals surface area contributed by atoms with E-state index in [1.165, 1.54) is 22.7 Å². The van der Waals surface area contributed by atoms with Crippen molar-refractivity contribution in [1.82, 2.24) is 19.1 Å². The van der Waals surface area contributed by atoms with Crippen molar-refractivity contribution < 1.29 is 12.8 Å². The van der Waals surface area contributed by atoms with Gasteiger partial charge in [-0.3, -0.25) is 4.57 Å². The molecule has 0 spiro atoms. The molecule has 2 aromatic carbocycles. The summed E-state index contributed by atoms with van der Waals surface area (Å²) in [7, 11) is -3.14. The first kappa shape index (κ1) is 21.0. The molecule has 1 atom stereocenters. The number of hydrogen-bond donors (Lipinski definition) is 0. The van der Waals surface area contributed by atoms with Crippen molar-refractivity contribution in [3.05, 3.63) is 66.0 Å². The van der Waals surface area contributed by atoms with Crippen LogP contribution in [0.25, 0.3) is 11.4 Å². The van der Waals surface area contributed by atoms with Crippen molar-refractivity contribution in [2.45, 2.75) is 18.1 Å². The van der Waals surface area contributed by atoms with E-state index in [1.807, 2.05) is 34.9 Å². The molecule has 6 nitrogen and oxygen atoms in total. The van der Waals surface area contributed by atoms with Crippen LogP contribution in [-0.4, -0.2) is 52.6 Å². The Morgan fingerprint density at radius 2 is 1.83 bits per heavy atom. The first-order chi connectivity index (χ1) is 14.4. The standard InChI is InChI=1S/C21H23FN4O2S2/c1-30(27,28)25-12-11-17(13-25)15-29-21-24-23-20(18-7-9-19(22)10-8-18)26(21)14-16-5-3-2-4-6-16/h2-10,17H,11-15H2,1H3. The molecule has 0 bridgehead atoms. The minimum atomic E-state index is -3.14. The molecule has 9 heteroatoms. The largest absolute Gasteiger partial charge is 0.298 e. The zero-order valence-corrected chi connectivity index (χ0v) is 18.2. The summed E-state index contributed by atoms with van der Waals surface area (Å²) in [5, 5.41) is 9.54. The molecule has 1 aliphatic rings. The number of hydrogen-bond acceptors (Lipinski definition) is 5. The van der Waals surface area contributed by atoms with Crippen LogP contribution in [0.4, 0.5) is 4.39 Å². The van der Waals surface area contributed by atoms with E-state index in [4.69, 9.17) is 0 Å². The lowest BCUT2D eigenvalue weighted by molar-refractivity contribution is 0.471. The van der Waals surface area contributed by atoms with Crippen molar-refractivity contribution in [1.29, 1.82) is 0 Å². The Balaban J connectivity index is 1.56. The second kappa shape index (κ2) is 8.87. The SMILES string of the molecule is CS(=O)(=O)N1CCC(CSc2nnc(-c3ccc(F)cc3)n2Cc2ccccc2)C1. The number of halogens is 1. The van der Waals surface area contributed by atoms with Gasteiger partial charge in [0.15, 0.2) is 11.0 Å². The zero-order chi connectivity index (χ0) is 21.1. The number of sulfonamides is 1. The maximum absolute atomic E-state index is 13.4. The number of benzene rings is 2. The van der Waals surface area contributed by atoms with Gasteiger partial charge in [-0.2, -0.15) is 0 Å². The molecule has 1 fully saturated rings. The fourth-order valence-electron chi connectivity index (χ4n) is 3.54. The lowest BCUT2D eigenvalue weighted by Crippen LogP contribution is -2.27. The molecule has 1 saturated heterocycles. The predicted octanol–water partition coefficient (Wildman–Crippen LogP) is 3.51. The zero-order valence-electron chi connectivity index (χ0n) is 16.6. The van der Waals surface area contributed by atoms with Crippen LogP contribution in [0.2, 0.25) is 0 Å². The summed E-state index contributed by atoms with van der Waals surface area (Å²) in [6.07, 6.45) is 2.10. The number of aromatic nitrogens is 3. The summed E-state index contributed by atoms with van der Waals surface area (Å²) < 4.78 is 40.5. The minimum Gasteiger partial charge on any atom is -0.298 e. The van der Waals surface area contributed by atoms with Crippen molar-refractivity contribution in [3.8, 4) is 11.4 Å². The van der Waals surface area contributed by atoms with Gasteiger partial charge in [-0.25, -0.2) is 17.1 Å². The molecule has 3 aromatic rings.